The number of fused-ring (bicyclic) bond motifs is 1. The van der Waals surface area contributed by atoms with E-state index in [1.54, 1.807) is 13.1 Å². The number of carbonyl (C=O) groups is 1. The first kappa shape index (κ1) is 14.2. The quantitative estimate of drug-likeness (QED) is 0.735. The molecule has 0 unspecified atom stereocenters. The Labute approximate surface area is 131 Å². The third-order valence-corrected chi connectivity index (χ3v) is 5.75. The zero-order valence-corrected chi connectivity index (χ0v) is 13.2. The first-order valence-electron chi connectivity index (χ1n) is 5.84. The smallest absolute Gasteiger partial charge is 0.347 e. The Bertz CT molecular complexity index is 881. The van der Waals surface area contributed by atoms with Crippen molar-refractivity contribution in [3.05, 3.63) is 44.3 Å². The summed E-state index contributed by atoms with van der Waals surface area (Å²) in [6.07, 6.45) is 1.69. The van der Waals surface area contributed by atoms with Gasteiger partial charge in [-0.15, -0.1) is 22.7 Å². The van der Waals surface area contributed by atoms with E-state index in [9.17, 15) is 9.59 Å². The zero-order chi connectivity index (χ0) is 15.0. The van der Waals surface area contributed by atoms with Gasteiger partial charge in [-0.05, 0) is 6.92 Å². The van der Waals surface area contributed by atoms with Gasteiger partial charge in [0.1, 0.15) is 4.88 Å². The van der Waals surface area contributed by atoms with E-state index >= 15 is 0 Å². The fourth-order valence-electron chi connectivity index (χ4n) is 1.73. The van der Waals surface area contributed by atoms with E-state index in [0.29, 0.717) is 26.4 Å². The van der Waals surface area contributed by atoms with Crippen LogP contribution < -0.4 is 5.56 Å². The number of nitrogens with zero attached hydrogens (tertiary/aromatic N) is 3. The first-order valence-corrected chi connectivity index (χ1v) is 8.52. The van der Waals surface area contributed by atoms with Crippen molar-refractivity contribution in [2.24, 2.45) is 0 Å². The molecule has 0 aliphatic carbocycles. The van der Waals surface area contributed by atoms with Crippen LogP contribution >= 0.6 is 34.4 Å². The predicted octanol–water partition coefficient (Wildman–Crippen LogP) is 2.51. The number of rotatable bonds is 4. The molecule has 3 rings (SSSR count). The molecule has 6 nitrogen and oxygen atoms in total. The molecule has 0 spiro atoms. The van der Waals surface area contributed by atoms with Gasteiger partial charge in [0, 0.05) is 23.4 Å². The van der Waals surface area contributed by atoms with E-state index in [2.05, 4.69) is 9.97 Å². The van der Waals surface area contributed by atoms with Crippen LogP contribution in [0.4, 0.5) is 0 Å². The molecular weight excluding hydrogens is 330 g/mol. The second kappa shape index (κ2) is 5.58. The number of hydrogen-bond donors (Lipinski definition) is 1. The Morgan fingerprint density at radius 2 is 2.29 bits per heavy atom. The molecule has 0 fully saturated rings. The molecule has 3 aromatic heterocycles. The largest absolute Gasteiger partial charge is 0.477 e. The Morgan fingerprint density at radius 1 is 1.48 bits per heavy atom. The van der Waals surface area contributed by atoms with Gasteiger partial charge in [-0.1, -0.05) is 11.8 Å². The second-order valence-electron chi connectivity index (χ2n) is 4.13. The topological polar surface area (TPSA) is 84.6 Å². The van der Waals surface area contributed by atoms with E-state index in [1.807, 2.05) is 5.38 Å². The average molecular weight is 339 g/mol. The summed E-state index contributed by atoms with van der Waals surface area (Å²) in [5.41, 5.74) is 1.06. The van der Waals surface area contributed by atoms with Crippen molar-refractivity contribution in [2.75, 3.05) is 0 Å². The van der Waals surface area contributed by atoms with Crippen LogP contribution in [0.2, 0.25) is 0 Å². The van der Waals surface area contributed by atoms with Gasteiger partial charge in [-0.3, -0.25) is 9.20 Å². The molecule has 0 amide bonds. The summed E-state index contributed by atoms with van der Waals surface area (Å²) in [5, 5.41) is 10.8. The van der Waals surface area contributed by atoms with Gasteiger partial charge in [-0.2, -0.15) is 0 Å². The summed E-state index contributed by atoms with van der Waals surface area (Å²) in [6, 6.07) is 1.49. The molecule has 0 saturated heterocycles. The Balaban J connectivity index is 1.81. The number of thioether (sulfide) groups is 1. The highest BCUT2D eigenvalue weighted by atomic mass is 32.2. The van der Waals surface area contributed by atoms with E-state index in [4.69, 9.17) is 5.11 Å². The molecule has 0 aromatic carbocycles. The van der Waals surface area contributed by atoms with E-state index in [1.165, 1.54) is 33.6 Å². The maximum atomic E-state index is 11.8. The Hall–Kier alpha value is -1.71. The monoisotopic (exact) mass is 339 g/mol. The third-order valence-electron chi connectivity index (χ3n) is 2.67. The highest BCUT2D eigenvalue weighted by Crippen LogP contribution is 2.29. The maximum Gasteiger partial charge on any atom is 0.347 e. The highest BCUT2D eigenvalue weighted by molar-refractivity contribution is 8.00. The lowest BCUT2D eigenvalue weighted by Gasteiger charge is -1.98. The van der Waals surface area contributed by atoms with Crippen molar-refractivity contribution < 1.29 is 9.90 Å². The van der Waals surface area contributed by atoms with Crippen LogP contribution in [0.25, 0.3) is 4.96 Å². The molecule has 1 N–H and O–H groups in total. The normalized spacial score (nSPS) is 11.1. The standard InChI is InChI=1S/C12H9N3O3S3/c1-6-9(10(17)18)21-12(13-6)20-5-7-4-8(16)15-2-3-19-11(15)14-7/h2-4H,5H2,1H3,(H,17,18). The summed E-state index contributed by atoms with van der Waals surface area (Å²) < 4.78 is 2.16. The lowest BCUT2D eigenvalue weighted by molar-refractivity contribution is 0.0701. The van der Waals surface area contributed by atoms with Crippen molar-refractivity contribution in [1.29, 1.82) is 0 Å². The molecule has 0 aliphatic rings. The summed E-state index contributed by atoms with van der Waals surface area (Å²) in [7, 11) is 0. The lowest BCUT2D eigenvalue weighted by Crippen LogP contribution is -2.12. The van der Waals surface area contributed by atoms with Crippen LogP contribution in [0.5, 0.6) is 0 Å². The van der Waals surface area contributed by atoms with Gasteiger partial charge < -0.3 is 5.11 Å². The summed E-state index contributed by atoms with van der Waals surface area (Å²) in [6.45, 7) is 1.67. The number of thiazole rings is 2. The molecule has 3 heterocycles. The average Bonchev–Trinajstić information content (AvgIpc) is 3.03. The van der Waals surface area contributed by atoms with Crippen molar-refractivity contribution in [1.82, 2.24) is 14.4 Å². The van der Waals surface area contributed by atoms with Crippen LogP contribution in [-0.2, 0) is 5.75 Å². The summed E-state index contributed by atoms with van der Waals surface area (Å²) >= 11 is 3.92. The third kappa shape index (κ3) is 2.85. The van der Waals surface area contributed by atoms with Gasteiger partial charge in [0.25, 0.3) is 5.56 Å². The van der Waals surface area contributed by atoms with Gasteiger partial charge in [0.05, 0.1) is 11.4 Å². The van der Waals surface area contributed by atoms with E-state index in [0.717, 1.165) is 11.3 Å². The molecule has 0 atom stereocenters. The highest BCUT2D eigenvalue weighted by Gasteiger charge is 2.14. The van der Waals surface area contributed by atoms with Crippen LogP contribution in [0.1, 0.15) is 21.1 Å². The van der Waals surface area contributed by atoms with Crippen LogP contribution in [0.15, 0.2) is 26.8 Å². The molecule has 9 heteroatoms. The van der Waals surface area contributed by atoms with Crippen molar-refractivity contribution in [2.45, 2.75) is 17.0 Å². The molecule has 0 aliphatic heterocycles. The van der Waals surface area contributed by atoms with E-state index in [-0.39, 0.29) is 10.4 Å². The fourth-order valence-corrected chi connectivity index (χ4v) is 4.39. The van der Waals surface area contributed by atoms with Crippen molar-refractivity contribution >= 4 is 45.4 Å². The Kier molecular flexibility index (Phi) is 3.79. The fraction of sp³-hybridized carbons (Fsp3) is 0.167. The molecular formula is C12H9N3O3S3. The number of aryl methyl sites for hydroxylation is 1. The van der Waals surface area contributed by atoms with Gasteiger partial charge >= 0.3 is 5.97 Å². The van der Waals surface area contributed by atoms with Crippen LogP contribution in [0, 0.1) is 6.92 Å². The molecule has 0 bridgehead atoms. The van der Waals surface area contributed by atoms with Gasteiger partial charge in [0.15, 0.2) is 9.30 Å². The Morgan fingerprint density at radius 3 is 3.00 bits per heavy atom. The van der Waals surface area contributed by atoms with Crippen LogP contribution in [0.3, 0.4) is 0 Å². The molecule has 0 radical (unpaired) electrons. The van der Waals surface area contributed by atoms with Gasteiger partial charge in [-0.25, -0.2) is 14.8 Å². The minimum absolute atomic E-state index is 0.113. The summed E-state index contributed by atoms with van der Waals surface area (Å²) in [5.74, 6) is -0.483. The number of aromatic nitrogens is 3. The SMILES string of the molecule is Cc1nc(SCc2cc(=O)n3ccsc3n2)sc1C(=O)O. The molecule has 21 heavy (non-hydrogen) atoms. The maximum absolute atomic E-state index is 11.8. The number of carboxylic acids is 1. The molecule has 108 valence electrons. The van der Waals surface area contributed by atoms with E-state index < -0.39 is 5.97 Å². The second-order valence-corrected chi connectivity index (χ2v) is 7.22. The number of aromatic carboxylic acids is 1. The lowest BCUT2D eigenvalue weighted by atomic mass is 10.4. The minimum atomic E-state index is -0.965. The number of carboxylic acid groups (broad SMARTS) is 1. The molecule has 0 saturated carbocycles. The molecule has 3 aromatic rings. The van der Waals surface area contributed by atoms with Crippen LogP contribution in [-0.4, -0.2) is 25.4 Å². The summed E-state index contributed by atoms with van der Waals surface area (Å²) in [4.78, 5) is 32.3. The zero-order valence-electron chi connectivity index (χ0n) is 10.8. The van der Waals surface area contributed by atoms with Crippen molar-refractivity contribution in [3.8, 4) is 0 Å². The van der Waals surface area contributed by atoms with Crippen molar-refractivity contribution in [3.63, 3.8) is 0 Å². The van der Waals surface area contributed by atoms with Gasteiger partial charge in [0.2, 0.25) is 0 Å². The first-order chi connectivity index (χ1) is 10.0. The predicted molar refractivity (Wildman–Crippen MR) is 82.7 cm³/mol. The minimum Gasteiger partial charge on any atom is -0.477 e. The number of hydrogen-bond acceptors (Lipinski definition) is 7.